The first-order valence-electron chi connectivity index (χ1n) is 10.7. The molecule has 1 aliphatic heterocycles. The number of rotatable bonds is 5. The number of aryl methyl sites for hydroxylation is 3. The number of barbiturate groups is 1. The van der Waals surface area contributed by atoms with Crippen LogP contribution in [0.3, 0.4) is 0 Å². The van der Waals surface area contributed by atoms with Gasteiger partial charge in [-0.25, -0.2) is 9.69 Å². The van der Waals surface area contributed by atoms with Gasteiger partial charge in [0.25, 0.3) is 11.8 Å². The summed E-state index contributed by atoms with van der Waals surface area (Å²) in [5.41, 5.74) is 4.63. The Hall–Kier alpha value is -3.90. The van der Waals surface area contributed by atoms with Gasteiger partial charge in [0.15, 0.2) is 0 Å². The molecule has 1 aliphatic rings. The molecule has 0 aromatic heterocycles. The molecule has 4 rings (SSSR count). The molecular formula is C27H23ClN2O4. The lowest BCUT2D eigenvalue weighted by Crippen LogP contribution is -2.54. The van der Waals surface area contributed by atoms with E-state index in [0.29, 0.717) is 34.2 Å². The quantitative estimate of drug-likeness (QED) is 0.390. The maximum atomic E-state index is 13.3. The normalized spacial score (nSPS) is 15.0. The Kier molecular flexibility index (Phi) is 6.52. The smallest absolute Gasteiger partial charge is 0.335 e. The number of carbonyl (C=O) groups excluding carboxylic acids is 3. The molecule has 7 heteroatoms. The average Bonchev–Trinajstić information content (AvgIpc) is 2.77. The Labute approximate surface area is 202 Å². The van der Waals surface area contributed by atoms with Gasteiger partial charge in [-0.05, 0) is 56.2 Å². The molecule has 0 aliphatic carbocycles. The van der Waals surface area contributed by atoms with E-state index in [4.69, 9.17) is 16.3 Å². The number of hydrogen-bond donors (Lipinski definition) is 1. The third-order valence-corrected chi connectivity index (χ3v) is 5.64. The van der Waals surface area contributed by atoms with Gasteiger partial charge >= 0.3 is 6.03 Å². The summed E-state index contributed by atoms with van der Waals surface area (Å²) in [6, 6.07) is 17.3. The fourth-order valence-corrected chi connectivity index (χ4v) is 4.07. The maximum Gasteiger partial charge on any atom is 0.335 e. The van der Waals surface area contributed by atoms with Crippen LogP contribution in [0.25, 0.3) is 6.08 Å². The number of amides is 4. The van der Waals surface area contributed by atoms with Crippen LogP contribution in [-0.4, -0.2) is 17.8 Å². The van der Waals surface area contributed by atoms with Crippen molar-refractivity contribution < 1.29 is 19.1 Å². The zero-order valence-electron chi connectivity index (χ0n) is 19.0. The van der Waals surface area contributed by atoms with Crippen LogP contribution >= 0.6 is 11.6 Å². The van der Waals surface area contributed by atoms with Gasteiger partial charge in [-0.2, -0.15) is 0 Å². The number of ether oxygens (including phenoxy) is 1. The Morgan fingerprint density at radius 3 is 2.38 bits per heavy atom. The summed E-state index contributed by atoms with van der Waals surface area (Å²) >= 11 is 6.08. The van der Waals surface area contributed by atoms with E-state index in [2.05, 4.69) is 11.4 Å². The van der Waals surface area contributed by atoms with Crippen molar-refractivity contribution in [3.8, 4) is 5.75 Å². The minimum absolute atomic E-state index is 0.179. The molecule has 0 spiro atoms. The molecule has 1 N–H and O–H groups in total. The molecule has 172 valence electrons. The van der Waals surface area contributed by atoms with Crippen molar-refractivity contribution in [1.82, 2.24) is 5.32 Å². The number of anilines is 1. The van der Waals surface area contributed by atoms with Crippen molar-refractivity contribution in [2.45, 2.75) is 27.4 Å². The standard InChI is InChI=1S/C27H23ClN2O4/c1-16-10-17(2)12-19(11-16)15-34-24-7-5-4-6-20(24)13-22-25(31)29-27(33)30(26(22)32)23-14-21(28)9-8-18(23)3/h4-14H,15H2,1-3H3,(H,29,31,33)/b22-13+. The van der Waals surface area contributed by atoms with Crippen molar-refractivity contribution in [1.29, 1.82) is 0 Å². The summed E-state index contributed by atoms with van der Waals surface area (Å²) in [6.45, 7) is 6.13. The molecule has 6 nitrogen and oxygen atoms in total. The second kappa shape index (κ2) is 9.53. The lowest BCUT2D eigenvalue weighted by atomic mass is 10.0. The lowest BCUT2D eigenvalue weighted by Gasteiger charge is -2.27. The fraction of sp³-hybridized carbons (Fsp3) is 0.148. The number of halogens is 1. The van der Waals surface area contributed by atoms with Crippen LogP contribution < -0.4 is 15.0 Å². The van der Waals surface area contributed by atoms with E-state index in [1.807, 2.05) is 32.0 Å². The van der Waals surface area contributed by atoms with Crippen molar-refractivity contribution in [2.24, 2.45) is 0 Å². The highest BCUT2D eigenvalue weighted by Crippen LogP contribution is 2.29. The molecule has 3 aromatic rings. The molecule has 0 unspecified atom stereocenters. The zero-order chi connectivity index (χ0) is 24.4. The third kappa shape index (κ3) is 4.87. The molecule has 3 aromatic carbocycles. The number of carbonyl (C=O) groups is 3. The summed E-state index contributed by atoms with van der Waals surface area (Å²) in [7, 11) is 0. The summed E-state index contributed by atoms with van der Waals surface area (Å²) in [4.78, 5) is 39.3. The molecule has 1 fully saturated rings. The maximum absolute atomic E-state index is 13.3. The Morgan fingerprint density at radius 1 is 0.941 bits per heavy atom. The molecule has 1 saturated heterocycles. The van der Waals surface area contributed by atoms with E-state index in [0.717, 1.165) is 21.6 Å². The minimum atomic E-state index is -0.822. The van der Waals surface area contributed by atoms with E-state index < -0.39 is 17.8 Å². The second-order valence-corrected chi connectivity index (χ2v) is 8.65. The average molecular weight is 475 g/mol. The van der Waals surface area contributed by atoms with Gasteiger partial charge in [-0.3, -0.25) is 14.9 Å². The predicted molar refractivity (Wildman–Crippen MR) is 132 cm³/mol. The van der Waals surface area contributed by atoms with E-state index in [1.54, 1.807) is 37.3 Å². The Bertz CT molecular complexity index is 1330. The van der Waals surface area contributed by atoms with Crippen LogP contribution in [0.4, 0.5) is 10.5 Å². The molecule has 0 bridgehead atoms. The van der Waals surface area contributed by atoms with Gasteiger partial charge in [0.1, 0.15) is 17.9 Å². The summed E-state index contributed by atoms with van der Waals surface area (Å²) < 4.78 is 6.03. The number of hydrogen-bond acceptors (Lipinski definition) is 4. The monoisotopic (exact) mass is 474 g/mol. The predicted octanol–water partition coefficient (Wildman–Crippen LogP) is 5.51. The molecule has 0 radical (unpaired) electrons. The van der Waals surface area contributed by atoms with Crippen molar-refractivity contribution in [2.75, 3.05) is 4.90 Å². The third-order valence-electron chi connectivity index (χ3n) is 5.41. The highest BCUT2D eigenvalue weighted by atomic mass is 35.5. The van der Waals surface area contributed by atoms with Crippen LogP contribution in [0.15, 0.2) is 66.2 Å². The van der Waals surface area contributed by atoms with Gasteiger partial charge in [-0.1, -0.05) is 65.2 Å². The van der Waals surface area contributed by atoms with E-state index >= 15 is 0 Å². The molecule has 0 atom stereocenters. The van der Waals surface area contributed by atoms with Crippen LogP contribution in [0.2, 0.25) is 5.02 Å². The van der Waals surface area contributed by atoms with Crippen molar-refractivity contribution >= 4 is 41.2 Å². The van der Waals surface area contributed by atoms with Crippen LogP contribution in [-0.2, 0) is 16.2 Å². The van der Waals surface area contributed by atoms with Crippen LogP contribution in [0, 0.1) is 20.8 Å². The first-order valence-corrected chi connectivity index (χ1v) is 11.1. The van der Waals surface area contributed by atoms with Gasteiger partial charge in [0, 0.05) is 10.6 Å². The number of nitrogens with zero attached hydrogens (tertiary/aromatic N) is 1. The number of urea groups is 1. The summed E-state index contributed by atoms with van der Waals surface area (Å²) in [5.74, 6) is -0.990. The van der Waals surface area contributed by atoms with Gasteiger partial charge in [0.05, 0.1) is 5.69 Å². The number of para-hydroxylation sites is 1. The van der Waals surface area contributed by atoms with Gasteiger partial charge < -0.3 is 4.74 Å². The zero-order valence-corrected chi connectivity index (χ0v) is 19.8. The SMILES string of the molecule is Cc1cc(C)cc(COc2ccccc2/C=C2\C(=O)NC(=O)N(c3cc(Cl)ccc3C)C2=O)c1. The van der Waals surface area contributed by atoms with Crippen LogP contribution in [0.5, 0.6) is 5.75 Å². The molecule has 34 heavy (non-hydrogen) atoms. The first kappa shape index (κ1) is 23.3. The van der Waals surface area contributed by atoms with Crippen molar-refractivity contribution in [3.05, 3.63) is 99.1 Å². The summed E-state index contributed by atoms with van der Waals surface area (Å²) in [5, 5.41) is 2.61. The first-order chi connectivity index (χ1) is 16.2. The van der Waals surface area contributed by atoms with E-state index in [1.165, 1.54) is 12.1 Å². The highest BCUT2D eigenvalue weighted by Gasteiger charge is 2.37. The highest BCUT2D eigenvalue weighted by molar-refractivity contribution is 6.39. The molecule has 1 heterocycles. The number of imide groups is 2. The Morgan fingerprint density at radius 2 is 1.65 bits per heavy atom. The Balaban J connectivity index is 1.66. The second-order valence-electron chi connectivity index (χ2n) is 8.21. The van der Waals surface area contributed by atoms with Crippen LogP contribution in [0.1, 0.15) is 27.8 Å². The fourth-order valence-electron chi connectivity index (χ4n) is 3.90. The molecular weight excluding hydrogens is 452 g/mol. The topological polar surface area (TPSA) is 75.7 Å². The van der Waals surface area contributed by atoms with E-state index in [9.17, 15) is 14.4 Å². The van der Waals surface area contributed by atoms with Gasteiger partial charge in [0.2, 0.25) is 0 Å². The van der Waals surface area contributed by atoms with Crippen molar-refractivity contribution in [3.63, 3.8) is 0 Å². The number of nitrogens with one attached hydrogen (secondary N) is 1. The minimum Gasteiger partial charge on any atom is -0.488 e. The lowest BCUT2D eigenvalue weighted by molar-refractivity contribution is -0.122. The van der Waals surface area contributed by atoms with Gasteiger partial charge in [-0.15, -0.1) is 0 Å². The summed E-state index contributed by atoms with van der Waals surface area (Å²) in [6.07, 6.45) is 1.44. The van der Waals surface area contributed by atoms with E-state index in [-0.39, 0.29) is 5.57 Å². The number of benzene rings is 3. The largest absolute Gasteiger partial charge is 0.488 e. The molecule has 4 amide bonds. The molecule has 0 saturated carbocycles.